The topological polar surface area (TPSA) is 56.8 Å². The van der Waals surface area contributed by atoms with E-state index < -0.39 is 0 Å². The smallest absolute Gasteiger partial charge is 0.154 e. The van der Waals surface area contributed by atoms with Gasteiger partial charge in [0.05, 0.1) is 13.2 Å². The maximum atomic E-state index is 5.73. The lowest BCUT2D eigenvalue weighted by atomic mass is 10.3. The highest BCUT2D eigenvalue weighted by molar-refractivity contribution is 8.13. The Morgan fingerprint density at radius 1 is 1.16 bits per heavy atom. The largest absolute Gasteiger partial charge is 0.494 e. The summed E-state index contributed by atoms with van der Waals surface area (Å²) in [6.45, 7) is 6.12. The molecule has 0 aromatic heterocycles. The number of hydrogen-bond acceptors (Lipinski definition) is 4. The first-order valence-corrected chi connectivity index (χ1v) is 7.53. The highest BCUT2D eigenvalue weighted by atomic mass is 32.2. The van der Waals surface area contributed by atoms with E-state index in [1.165, 1.54) is 11.8 Å². The van der Waals surface area contributed by atoms with Gasteiger partial charge >= 0.3 is 0 Å². The molecule has 2 N–H and O–H groups in total. The van der Waals surface area contributed by atoms with Gasteiger partial charge in [-0.05, 0) is 37.6 Å². The molecule has 0 spiro atoms. The summed E-state index contributed by atoms with van der Waals surface area (Å²) in [6.07, 6.45) is 1.02. The quantitative estimate of drug-likeness (QED) is 0.452. The Kier molecular flexibility index (Phi) is 7.89. The van der Waals surface area contributed by atoms with E-state index in [2.05, 4.69) is 11.9 Å². The lowest BCUT2D eigenvalue weighted by Crippen LogP contribution is -2.11. The summed E-state index contributed by atoms with van der Waals surface area (Å²) >= 11 is 1.52. The van der Waals surface area contributed by atoms with Crippen LogP contribution in [0.2, 0.25) is 0 Å². The molecule has 0 atom stereocenters. The van der Waals surface area contributed by atoms with Gasteiger partial charge in [-0.1, -0.05) is 18.7 Å². The fraction of sp³-hybridized carbons (Fsp3) is 0.500. The van der Waals surface area contributed by atoms with E-state index in [1.54, 1.807) is 0 Å². The number of ether oxygens (including phenoxy) is 2. The van der Waals surface area contributed by atoms with E-state index in [0.717, 1.165) is 30.2 Å². The molecule has 0 amide bonds. The van der Waals surface area contributed by atoms with Crippen LogP contribution in [0.5, 0.6) is 11.5 Å². The molecule has 0 saturated carbocycles. The number of nitrogens with two attached hydrogens (primary N) is 1. The molecule has 19 heavy (non-hydrogen) atoms. The minimum absolute atomic E-state index is 0.612. The SMILES string of the molecule is CCCN=C(N)SCCOc1ccc(OCC)cc1. The number of hydrogen-bond donors (Lipinski definition) is 1. The second-order valence-electron chi connectivity index (χ2n) is 3.82. The molecular formula is C14H22N2O2S. The maximum absolute atomic E-state index is 5.73. The molecule has 0 fully saturated rings. The Hall–Kier alpha value is -1.36. The number of aliphatic imine (C=N–C) groups is 1. The molecule has 0 heterocycles. The minimum Gasteiger partial charge on any atom is -0.494 e. The van der Waals surface area contributed by atoms with Gasteiger partial charge in [-0.3, -0.25) is 4.99 Å². The van der Waals surface area contributed by atoms with Gasteiger partial charge in [0, 0.05) is 12.3 Å². The van der Waals surface area contributed by atoms with Crippen LogP contribution in [0, 0.1) is 0 Å². The fourth-order valence-electron chi connectivity index (χ4n) is 1.37. The van der Waals surface area contributed by atoms with Crippen LogP contribution in [0.3, 0.4) is 0 Å². The van der Waals surface area contributed by atoms with Crippen molar-refractivity contribution in [1.29, 1.82) is 0 Å². The third-order valence-corrected chi connectivity index (χ3v) is 3.02. The fourth-order valence-corrected chi connectivity index (χ4v) is 1.93. The third kappa shape index (κ3) is 6.96. The van der Waals surface area contributed by atoms with Crippen molar-refractivity contribution in [1.82, 2.24) is 0 Å². The first kappa shape index (κ1) is 15.7. The summed E-state index contributed by atoms with van der Waals surface area (Å²) in [5, 5.41) is 0.636. The van der Waals surface area contributed by atoms with E-state index in [9.17, 15) is 0 Å². The second kappa shape index (κ2) is 9.55. The van der Waals surface area contributed by atoms with Crippen LogP contribution in [-0.2, 0) is 0 Å². The van der Waals surface area contributed by atoms with Crippen molar-refractivity contribution in [3.63, 3.8) is 0 Å². The molecule has 0 aliphatic carbocycles. The van der Waals surface area contributed by atoms with Crippen LogP contribution in [0.15, 0.2) is 29.3 Å². The van der Waals surface area contributed by atoms with Crippen LogP contribution in [0.1, 0.15) is 20.3 Å². The van der Waals surface area contributed by atoms with Crippen molar-refractivity contribution in [3.05, 3.63) is 24.3 Å². The molecule has 0 aliphatic heterocycles. The van der Waals surface area contributed by atoms with Crippen LogP contribution in [-0.4, -0.2) is 30.7 Å². The van der Waals surface area contributed by atoms with Gasteiger partial charge < -0.3 is 15.2 Å². The van der Waals surface area contributed by atoms with E-state index in [-0.39, 0.29) is 0 Å². The number of rotatable bonds is 8. The first-order chi connectivity index (χ1) is 9.26. The molecule has 4 nitrogen and oxygen atoms in total. The lowest BCUT2D eigenvalue weighted by molar-refractivity contribution is 0.332. The van der Waals surface area contributed by atoms with Crippen molar-refractivity contribution < 1.29 is 9.47 Å². The first-order valence-electron chi connectivity index (χ1n) is 6.54. The van der Waals surface area contributed by atoms with Gasteiger partial charge in [-0.25, -0.2) is 0 Å². The zero-order valence-corrected chi connectivity index (χ0v) is 12.4. The highest BCUT2D eigenvalue weighted by Crippen LogP contribution is 2.17. The van der Waals surface area contributed by atoms with Crippen molar-refractivity contribution >= 4 is 16.9 Å². The normalized spacial score (nSPS) is 11.4. The summed E-state index contributed by atoms with van der Waals surface area (Å²) in [4.78, 5) is 4.20. The van der Waals surface area contributed by atoms with Crippen molar-refractivity contribution in [2.24, 2.45) is 10.7 Å². The summed E-state index contributed by atoms with van der Waals surface area (Å²) < 4.78 is 11.0. The minimum atomic E-state index is 0.612. The zero-order valence-electron chi connectivity index (χ0n) is 11.6. The Bertz CT molecular complexity index is 380. The summed E-state index contributed by atoms with van der Waals surface area (Å²) in [5.41, 5.74) is 5.73. The maximum Gasteiger partial charge on any atom is 0.154 e. The standard InChI is InChI=1S/C14H22N2O2S/c1-3-9-16-14(15)19-11-10-18-13-7-5-12(6-8-13)17-4-2/h5-8H,3-4,9-11H2,1-2H3,(H2,15,16). The van der Waals surface area contributed by atoms with Crippen molar-refractivity contribution in [2.45, 2.75) is 20.3 Å². The number of thioether (sulfide) groups is 1. The molecular weight excluding hydrogens is 260 g/mol. The Labute approximate surface area is 119 Å². The summed E-state index contributed by atoms with van der Waals surface area (Å²) in [7, 11) is 0. The molecule has 0 saturated heterocycles. The second-order valence-corrected chi connectivity index (χ2v) is 4.94. The molecule has 1 aromatic carbocycles. The van der Waals surface area contributed by atoms with Crippen LogP contribution in [0.25, 0.3) is 0 Å². The zero-order chi connectivity index (χ0) is 13.9. The Balaban J connectivity index is 2.22. The highest BCUT2D eigenvalue weighted by Gasteiger charge is 1.97. The average Bonchev–Trinajstić information content (AvgIpc) is 2.43. The van der Waals surface area contributed by atoms with Gasteiger partial charge in [0.15, 0.2) is 5.17 Å². The lowest BCUT2D eigenvalue weighted by Gasteiger charge is -2.07. The van der Waals surface area contributed by atoms with E-state index in [0.29, 0.717) is 18.4 Å². The van der Waals surface area contributed by atoms with Gasteiger partial charge in [0.2, 0.25) is 0 Å². The van der Waals surface area contributed by atoms with Gasteiger partial charge in [0.25, 0.3) is 0 Å². The molecule has 5 heteroatoms. The third-order valence-electron chi connectivity index (χ3n) is 2.23. The predicted octanol–water partition coefficient (Wildman–Crippen LogP) is 2.92. The number of nitrogens with zero attached hydrogens (tertiary/aromatic N) is 1. The Morgan fingerprint density at radius 3 is 2.37 bits per heavy atom. The summed E-state index contributed by atoms with van der Waals surface area (Å²) in [5.74, 6) is 2.50. The van der Waals surface area contributed by atoms with Crippen molar-refractivity contribution in [2.75, 3.05) is 25.5 Å². The molecule has 1 rings (SSSR count). The summed E-state index contributed by atoms with van der Waals surface area (Å²) in [6, 6.07) is 7.63. The average molecular weight is 282 g/mol. The monoisotopic (exact) mass is 282 g/mol. The molecule has 0 radical (unpaired) electrons. The number of amidine groups is 1. The Morgan fingerprint density at radius 2 is 1.79 bits per heavy atom. The van der Waals surface area contributed by atoms with Gasteiger partial charge in [-0.15, -0.1) is 0 Å². The van der Waals surface area contributed by atoms with E-state index in [1.807, 2.05) is 31.2 Å². The predicted molar refractivity (Wildman–Crippen MR) is 82.3 cm³/mol. The van der Waals surface area contributed by atoms with Gasteiger partial charge in [0.1, 0.15) is 11.5 Å². The van der Waals surface area contributed by atoms with E-state index in [4.69, 9.17) is 15.2 Å². The molecule has 106 valence electrons. The molecule has 0 unspecified atom stereocenters. The van der Waals surface area contributed by atoms with Crippen molar-refractivity contribution in [3.8, 4) is 11.5 Å². The molecule has 0 bridgehead atoms. The number of benzene rings is 1. The van der Waals surface area contributed by atoms with E-state index >= 15 is 0 Å². The van der Waals surface area contributed by atoms with Crippen LogP contribution < -0.4 is 15.2 Å². The molecule has 0 aliphatic rings. The van der Waals surface area contributed by atoms with Crippen LogP contribution >= 0.6 is 11.8 Å². The molecule has 1 aromatic rings. The van der Waals surface area contributed by atoms with Crippen LogP contribution in [0.4, 0.5) is 0 Å². The van der Waals surface area contributed by atoms with Gasteiger partial charge in [-0.2, -0.15) is 0 Å².